The number of aryl methyl sites for hydroxylation is 1. The lowest BCUT2D eigenvalue weighted by Gasteiger charge is -1.99. The fraction of sp³-hybridized carbons (Fsp3) is 0.143. The first-order chi connectivity index (χ1) is 9.74. The first-order valence-corrected chi connectivity index (χ1v) is 7.01. The van der Waals surface area contributed by atoms with E-state index >= 15 is 0 Å². The number of hydrazone groups is 1. The van der Waals surface area contributed by atoms with Gasteiger partial charge in [-0.15, -0.1) is 0 Å². The van der Waals surface area contributed by atoms with Crippen LogP contribution in [0.25, 0.3) is 0 Å². The van der Waals surface area contributed by atoms with Gasteiger partial charge in [0.15, 0.2) is 5.16 Å². The lowest BCUT2D eigenvalue weighted by atomic mass is 10.2. The molecular weight excluding hydrogens is 272 g/mol. The smallest absolute Gasteiger partial charge is 0.250 e. The zero-order valence-corrected chi connectivity index (χ0v) is 11.8. The third kappa shape index (κ3) is 4.81. The third-order valence-electron chi connectivity index (χ3n) is 2.35. The van der Waals surface area contributed by atoms with Crippen molar-refractivity contribution in [2.75, 3.05) is 5.75 Å². The van der Waals surface area contributed by atoms with Gasteiger partial charge in [0.05, 0.1) is 12.0 Å². The van der Waals surface area contributed by atoms with Crippen molar-refractivity contribution >= 4 is 23.9 Å². The van der Waals surface area contributed by atoms with Crippen LogP contribution in [0.3, 0.4) is 0 Å². The average Bonchev–Trinajstić information content (AvgIpc) is 2.48. The number of hydrogen-bond donors (Lipinski definition) is 1. The van der Waals surface area contributed by atoms with Crippen molar-refractivity contribution in [2.24, 2.45) is 5.10 Å². The molecule has 0 fully saturated rings. The van der Waals surface area contributed by atoms with Crippen molar-refractivity contribution in [1.82, 2.24) is 15.4 Å². The molecule has 2 rings (SSSR count). The summed E-state index contributed by atoms with van der Waals surface area (Å²) in [5, 5.41) is 4.48. The van der Waals surface area contributed by atoms with Gasteiger partial charge in [-0.05, 0) is 18.6 Å². The maximum Gasteiger partial charge on any atom is 0.250 e. The van der Waals surface area contributed by atoms with E-state index in [2.05, 4.69) is 20.5 Å². The van der Waals surface area contributed by atoms with Crippen LogP contribution >= 0.6 is 11.8 Å². The second-order valence-corrected chi connectivity index (χ2v) is 4.97. The molecule has 1 aromatic carbocycles. The zero-order chi connectivity index (χ0) is 14.2. The highest BCUT2D eigenvalue weighted by Gasteiger charge is 2.02. The van der Waals surface area contributed by atoms with Crippen LogP contribution in [0.1, 0.15) is 11.1 Å². The summed E-state index contributed by atoms with van der Waals surface area (Å²) in [6.45, 7) is 2.02. The number of amides is 1. The lowest BCUT2D eigenvalue weighted by Crippen LogP contribution is -2.19. The monoisotopic (exact) mass is 286 g/mol. The van der Waals surface area contributed by atoms with E-state index in [1.807, 2.05) is 31.2 Å². The van der Waals surface area contributed by atoms with Crippen molar-refractivity contribution in [3.8, 4) is 0 Å². The van der Waals surface area contributed by atoms with E-state index in [9.17, 15) is 4.79 Å². The van der Waals surface area contributed by atoms with E-state index in [4.69, 9.17) is 0 Å². The van der Waals surface area contributed by atoms with Gasteiger partial charge in [-0.1, -0.05) is 41.6 Å². The molecule has 1 N–H and O–H groups in total. The first kappa shape index (κ1) is 14.2. The molecule has 0 aliphatic carbocycles. The number of thioether (sulfide) groups is 1. The number of hydrogen-bond acceptors (Lipinski definition) is 5. The number of benzene rings is 1. The molecule has 2 aromatic rings. The molecule has 0 aliphatic rings. The third-order valence-corrected chi connectivity index (χ3v) is 3.23. The van der Waals surface area contributed by atoms with Gasteiger partial charge in [0.25, 0.3) is 5.91 Å². The van der Waals surface area contributed by atoms with E-state index in [0.29, 0.717) is 5.16 Å². The zero-order valence-electron chi connectivity index (χ0n) is 11.0. The summed E-state index contributed by atoms with van der Waals surface area (Å²) in [7, 11) is 0. The Morgan fingerprint density at radius 1 is 1.30 bits per heavy atom. The highest BCUT2D eigenvalue weighted by molar-refractivity contribution is 7.99. The highest BCUT2D eigenvalue weighted by atomic mass is 32.2. The van der Waals surface area contributed by atoms with Crippen molar-refractivity contribution in [2.45, 2.75) is 12.1 Å². The molecule has 5 nitrogen and oxygen atoms in total. The molecule has 0 aliphatic heterocycles. The summed E-state index contributed by atoms with van der Waals surface area (Å²) in [4.78, 5) is 19.6. The van der Waals surface area contributed by atoms with Crippen LogP contribution in [-0.4, -0.2) is 27.8 Å². The second kappa shape index (κ2) is 7.40. The molecule has 0 atom stereocenters. The van der Waals surface area contributed by atoms with Crippen LogP contribution in [0.15, 0.2) is 53.0 Å². The van der Waals surface area contributed by atoms with Crippen LogP contribution in [0.4, 0.5) is 0 Å². The topological polar surface area (TPSA) is 67.2 Å². The van der Waals surface area contributed by atoms with Crippen molar-refractivity contribution in [3.63, 3.8) is 0 Å². The Morgan fingerprint density at radius 3 is 2.70 bits per heavy atom. The van der Waals surface area contributed by atoms with Crippen LogP contribution < -0.4 is 5.43 Å². The number of rotatable bonds is 5. The molecule has 20 heavy (non-hydrogen) atoms. The van der Waals surface area contributed by atoms with E-state index in [1.165, 1.54) is 17.3 Å². The summed E-state index contributed by atoms with van der Waals surface area (Å²) in [6.07, 6.45) is 4.90. The molecule has 0 spiro atoms. The minimum atomic E-state index is -0.189. The largest absolute Gasteiger partial charge is 0.272 e. The summed E-state index contributed by atoms with van der Waals surface area (Å²) in [5.41, 5.74) is 4.60. The maximum absolute atomic E-state index is 11.6. The molecular formula is C14H14N4OS. The van der Waals surface area contributed by atoms with Gasteiger partial charge >= 0.3 is 0 Å². The van der Waals surface area contributed by atoms with E-state index in [-0.39, 0.29) is 11.7 Å². The number of carbonyl (C=O) groups is 1. The van der Waals surface area contributed by atoms with Crippen LogP contribution in [0.2, 0.25) is 0 Å². The SMILES string of the molecule is Cc1ccc(/C=N/NC(=O)CSc2ncccn2)cc1. The molecule has 0 saturated carbocycles. The van der Waals surface area contributed by atoms with E-state index in [1.54, 1.807) is 24.7 Å². The molecule has 102 valence electrons. The average molecular weight is 286 g/mol. The Bertz CT molecular complexity index is 584. The molecule has 1 amide bonds. The predicted octanol–water partition coefficient (Wildman–Crippen LogP) is 2.03. The standard InChI is InChI=1S/C14H14N4OS/c1-11-3-5-12(6-4-11)9-17-18-13(19)10-20-14-15-7-2-8-16-14/h2-9H,10H2,1H3,(H,18,19)/b17-9+. The van der Waals surface area contributed by atoms with Gasteiger partial charge in [-0.2, -0.15) is 5.10 Å². The second-order valence-electron chi connectivity index (χ2n) is 4.02. The fourth-order valence-corrected chi connectivity index (χ4v) is 1.95. The lowest BCUT2D eigenvalue weighted by molar-refractivity contribution is -0.118. The molecule has 6 heteroatoms. The van der Waals surface area contributed by atoms with Crippen LogP contribution in [-0.2, 0) is 4.79 Å². The van der Waals surface area contributed by atoms with Gasteiger partial charge in [-0.25, -0.2) is 15.4 Å². The van der Waals surface area contributed by atoms with Crippen LogP contribution in [0.5, 0.6) is 0 Å². The molecule has 0 unspecified atom stereocenters. The van der Waals surface area contributed by atoms with Gasteiger partial charge in [0, 0.05) is 12.4 Å². The molecule has 0 radical (unpaired) electrons. The fourth-order valence-electron chi connectivity index (χ4n) is 1.35. The minimum absolute atomic E-state index is 0.189. The maximum atomic E-state index is 11.6. The number of nitrogens with zero attached hydrogens (tertiary/aromatic N) is 3. The normalized spacial score (nSPS) is 10.7. The Labute approximate surface area is 121 Å². The Morgan fingerprint density at radius 2 is 2.00 bits per heavy atom. The van der Waals surface area contributed by atoms with Gasteiger partial charge in [0.1, 0.15) is 0 Å². The van der Waals surface area contributed by atoms with Gasteiger partial charge < -0.3 is 0 Å². The van der Waals surface area contributed by atoms with Crippen LogP contribution in [0, 0.1) is 6.92 Å². The molecule has 0 bridgehead atoms. The van der Waals surface area contributed by atoms with Crippen molar-refractivity contribution < 1.29 is 4.79 Å². The molecule has 1 heterocycles. The predicted molar refractivity (Wildman–Crippen MR) is 79.7 cm³/mol. The van der Waals surface area contributed by atoms with Gasteiger partial charge in [-0.3, -0.25) is 4.79 Å². The Kier molecular flexibility index (Phi) is 5.25. The first-order valence-electron chi connectivity index (χ1n) is 6.02. The Hall–Kier alpha value is -2.21. The van der Waals surface area contributed by atoms with Gasteiger partial charge in [0.2, 0.25) is 0 Å². The van der Waals surface area contributed by atoms with Crippen molar-refractivity contribution in [1.29, 1.82) is 0 Å². The number of nitrogens with one attached hydrogen (secondary N) is 1. The molecule has 0 saturated heterocycles. The summed E-state index contributed by atoms with van der Waals surface area (Å²) in [6, 6.07) is 9.60. The van der Waals surface area contributed by atoms with E-state index < -0.39 is 0 Å². The minimum Gasteiger partial charge on any atom is -0.272 e. The number of aromatic nitrogens is 2. The van der Waals surface area contributed by atoms with E-state index in [0.717, 1.165) is 5.56 Å². The summed E-state index contributed by atoms with van der Waals surface area (Å²) >= 11 is 1.27. The quantitative estimate of drug-likeness (QED) is 0.395. The highest BCUT2D eigenvalue weighted by Crippen LogP contribution is 2.09. The summed E-state index contributed by atoms with van der Waals surface area (Å²) < 4.78 is 0. The molecule has 1 aromatic heterocycles. The summed E-state index contributed by atoms with van der Waals surface area (Å²) in [5.74, 6) is 0.0423. The van der Waals surface area contributed by atoms with Crippen molar-refractivity contribution in [3.05, 3.63) is 53.9 Å². The number of carbonyl (C=O) groups excluding carboxylic acids is 1. The Balaban J connectivity index is 1.76.